The average molecular weight is 283 g/mol. The summed E-state index contributed by atoms with van der Waals surface area (Å²) in [6.45, 7) is 7.82. The minimum Gasteiger partial charge on any atom is -0.444 e. The summed E-state index contributed by atoms with van der Waals surface area (Å²) >= 11 is 0. The predicted octanol–water partition coefficient (Wildman–Crippen LogP) is 3.17. The Hall–Kier alpha value is -1.59. The van der Waals surface area contributed by atoms with Crippen molar-refractivity contribution in [2.75, 3.05) is 13.9 Å². The molecule has 0 aliphatic heterocycles. The molecule has 0 aliphatic rings. The molecule has 1 amide bonds. The number of methoxy groups -OCH3 is 1. The van der Waals surface area contributed by atoms with Gasteiger partial charge in [0.2, 0.25) is 0 Å². The number of nitrogens with two attached hydrogens (primary N) is 1. The van der Waals surface area contributed by atoms with Crippen molar-refractivity contribution in [1.29, 1.82) is 0 Å². The second-order valence-corrected chi connectivity index (χ2v) is 3.99. The molecule has 0 heterocycles. The fraction of sp³-hybridized carbons (Fsp3) is 0.533. The molecule has 20 heavy (non-hydrogen) atoms. The number of aryl methyl sites for hydroxylation is 1. The molecule has 2 unspecified atom stereocenters. The topological polar surface area (TPSA) is 70.8 Å². The first kappa shape index (κ1) is 18.4. The molecule has 0 aromatic heterocycles. The summed E-state index contributed by atoms with van der Waals surface area (Å²) in [5, 5.41) is 0. The number of benzene rings is 1. The maximum absolute atomic E-state index is 10.8. The van der Waals surface area contributed by atoms with Crippen LogP contribution in [0.1, 0.15) is 38.0 Å². The minimum atomic E-state index is -0.817. The molecule has 2 N–H and O–H groups in total. The molecule has 114 valence electrons. The van der Waals surface area contributed by atoms with Crippen LogP contribution in [0.15, 0.2) is 24.3 Å². The van der Waals surface area contributed by atoms with Crippen molar-refractivity contribution in [1.82, 2.24) is 0 Å². The Balaban J connectivity index is 0.00000172. The second-order valence-electron chi connectivity index (χ2n) is 3.99. The molecule has 1 aromatic carbocycles. The number of hydrogen-bond donors (Lipinski definition) is 1. The lowest BCUT2D eigenvalue weighted by atomic mass is 10.00. The molecule has 1 rings (SSSR count). The highest BCUT2D eigenvalue weighted by Gasteiger charge is 2.24. The molecule has 0 saturated heterocycles. The first-order valence-electron chi connectivity index (χ1n) is 6.68. The summed E-state index contributed by atoms with van der Waals surface area (Å²) in [6.07, 6.45) is -1.71. The second kappa shape index (κ2) is 10.2. The fourth-order valence-corrected chi connectivity index (χ4v) is 1.77. The van der Waals surface area contributed by atoms with Crippen molar-refractivity contribution in [3.8, 4) is 0 Å². The monoisotopic (exact) mass is 283 g/mol. The molecule has 5 nitrogen and oxygen atoms in total. The lowest BCUT2D eigenvalue weighted by molar-refractivity contribution is -0.111. The Labute approximate surface area is 121 Å². The molecule has 2 atom stereocenters. The van der Waals surface area contributed by atoms with Crippen molar-refractivity contribution in [2.45, 2.75) is 39.9 Å². The van der Waals surface area contributed by atoms with E-state index in [1.54, 1.807) is 6.92 Å². The van der Waals surface area contributed by atoms with E-state index in [9.17, 15) is 4.79 Å². The van der Waals surface area contributed by atoms with E-state index in [4.69, 9.17) is 19.9 Å². The number of rotatable bonds is 6. The zero-order valence-electron chi connectivity index (χ0n) is 12.9. The van der Waals surface area contributed by atoms with Gasteiger partial charge in [-0.15, -0.1) is 0 Å². The van der Waals surface area contributed by atoms with Crippen LogP contribution in [0.2, 0.25) is 0 Å². The van der Waals surface area contributed by atoms with E-state index in [1.165, 1.54) is 7.11 Å². The molecule has 0 bridgehead atoms. The van der Waals surface area contributed by atoms with Crippen molar-refractivity contribution in [2.24, 2.45) is 5.73 Å². The lowest BCUT2D eigenvalue weighted by Crippen LogP contribution is -2.28. The predicted molar refractivity (Wildman–Crippen MR) is 78.4 cm³/mol. The lowest BCUT2D eigenvalue weighted by Gasteiger charge is -2.25. The van der Waals surface area contributed by atoms with Crippen molar-refractivity contribution >= 4 is 6.09 Å². The highest BCUT2D eigenvalue weighted by molar-refractivity contribution is 5.64. The van der Waals surface area contributed by atoms with Crippen molar-refractivity contribution < 1.29 is 19.0 Å². The van der Waals surface area contributed by atoms with Gasteiger partial charge in [-0.25, -0.2) is 4.79 Å². The molecule has 0 aliphatic carbocycles. The van der Waals surface area contributed by atoms with Crippen LogP contribution in [0.25, 0.3) is 0 Å². The van der Waals surface area contributed by atoms with Crippen LogP contribution in [-0.2, 0) is 14.2 Å². The summed E-state index contributed by atoms with van der Waals surface area (Å²) < 4.78 is 15.4. The maximum atomic E-state index is 10.8. The fourth-order valence-electron chi connectivity index (χ4n) is 1.77. The highest BCUT2D eigenvalue weighted by Crippen LogP contribution is 2.26. The van der Waals surface area contributed by atoms with Crippen LogP contribution < -0.4 is 5.73 Å². The molecule has 0 saturated carbocycles. The number of carbonyl (C=O) groups excluding carboxylic acids is 1. The third-order valence-electron chi connectivity index (χ3n) is 2.59. The summed E-state index contributed by atoms with van der Waals surface area (Å²) in [6, 6.07) is 7.74. The third kappa shape index (κ3) is 6.04. The number of carbonyl (C=O) groups is 1. The van der Waals surface area contributed by atoms with Crippen molar-refractivity contribution in [3.05, 3.63) is 35.4 Å². The summed E-state index contributed by atoms with van der Waals surface area (Å²) in [4.78, 5) is 10.8. The number of amides is 1. The quantitative estimate of drug-likeness (QED) is 0.814. The smallest absolute Gasteiger partial charge is 0.404 e. The zero-order chi connectivity index (χ0) is 15.5. The zero-order valence-corrected chi connectivity index (χ0v) is 12.9. The Morgan fingerprint density at radius 3 is 2.40 bits per heavy atom. The normalized spacial score (nSPS) is 12.8. The van der Waals surface area contributed by atoms with Gasteiger partial charge < -0.3 is 19.9 Å². The van der Waals surface area contributed by atoms with E-state index < -0.39 is 18.3 Å². The average Bonchev–Trinajstić information content (AvgIpc) is 2.42. The van der Waals surface area contributed by atoms with Gasteiger partial charge in [-0.3, -0.25) is 0 Å². The van der Waals surface area contributed by atoms with Crippen LogP contribution in [0.5, 0.6) is 0 Å². The standard InChI is InChI=1S/C13H19NO4.C2H6/c1-9-6-4-5-7-11(9)12(17-8-16-3)10(2)18-13(14)15;1-2/h4-7,10,12H,8H2,1-3H3,(H2,14,15);1-2H3. The molecule has 0 fully saturated rings. The van der Waals surface area contributed by atoms with E-state index in [1.807, 2.05) is 45.0 Å². The summed E-state index contributed by atoms with van der Waals surface area (Å²) in [5.41, 5.74) is 7.03. The molecule has 0 radical (unpaired) electrons. The van der Waals surface area contributed by atoms with E-state index in [2.05, 4.69) is 0 Å². The van der Waals surface area contributed by atoms with Gasteiger partial charge in [-0.05, 0) is 25.0 Å². The Kier molecular flexibility index (Phi) is 9.41. The van der Waals surface area contributed by atoms with Crippen LogP contribution >= 0.6 is 0 Å². The van der Waals surface area contributed by atoms with Gasteiger partial charge in [0.15, 0.2) is 0 Å². The van der Waals surface area contributed by atoms with Gasteiger partial charge in [0.1, 0.15) is 19.0 Å². The minimum absolute atomic E-state index is 0.117. The first-order chi connectivity index (χ1) is 9.56. The van der Waals surface area contributed by atoms with Crippen LogP contribution in [0.3, 0.4) is 0 Å². The van der Waals surface area contributed by atoms with E-state index in [0.29, 0.717) is 0 Å². The van der Waals surface area contributed by atoms with Gasteiger partial charge in [0, 0.05) is 7.11 Å². The molecule has 1 aromatic rings. The SMILES string of the molecule is CC.COCOC(c1ccccc1C)C(C)OC(N)=O. The summed E-state index contributed by atoms with van der Waals surface area (Å²) in [5.74, 6) is 0. The van der Waals surface area contributed by atoms with E-state index in [-0.39, 0.29) is 6.79 Å². The van der Waals surface area contributed by atoms with Crippen LogP contribution in [-0.4, -0.2) is 26.1 Å². The van der Waals surface area contributed by atoms with Gasteiger partial charge in [0.05, 0.1) is 0 Å². The van der Waals surface area contributed by atoms with Gasteiger partial charge in [0.25, 0.3) is 0 Å². The van der Waals surface area contributed by atoms with Crippen molar-refractivity contribution in [3.63, 3.8) is 0 Å². The van der Waals surface area contributed by atoms with E-state index in [0.717, 1.165) is 11.1 Å². The van der Waals surface area contributed by atoms with Crippen LogP contribution in [0.4, 0.5) is 4.79 Å². The number of primary amides is 1. The maximum Gasteiger partial charge on any atom is 0.404 e. The summed E-state index contributed by atoms with van der Waals surface area (Å²) in [7, 11) is 1.54. The highest BCUT2D eigenvalue weighted by atomic mass is 16.7. The van der Waals surface area contributed by atoms with Gasteiger partial charge >= 0.3 is 6.09 Å². The number of ether oxygens (including phenoxy) is 3. The molecular weight excluding hydrogens is 258 g/mol. The largest absolute Gasteiger partial charge is 0.444 e. The number of hydrogen-bond acceptors (Lipinski definition) is 4. The third-order valence-corrected chi connectivity index (χ3v) is 2.59. The Morgan fingerprint density at radius 2 is 1.90 bits per heavy atom. The van der Waals surface area contributed by atoms with Gasteiger partial charge in [-0.2, -0.15) is 0 Å². The Morgan fingerprint density at radius 1 is 1.30 bits per heavy atom. The van der Waals surface area contributed by atoms with Crippen LogP contribution in [0, 0.1) is 6.92 Å². The van der Waals surface area contributed by atoms with Gasteiger partial charge in [-0.1, -0.05) is 38.1 Å². The molecular formula is C15H25NO4. The molecule has 0 spiro atoms. The Bertz CT molecular complexity index is 395. The molecule has 5 heteroatoms. The first-order valence-corrected chi connectivity index (χ1v) is 6.68. The van der Waals surface area contributed by atoms with E-state index >= 15 is 0 Å².